The van der Waals surface area contributed by atoms with Gasteiger partial charge in [-0.05, 0) is 24.3 Å². The molecule has 3 aromatic rings. The fourth-order valence-corrected chi connectivity index (χ4v) is 3.67. The number of aromatic nitrogens is 3. The molecule has 0 aliphatic rings. The van der Waals surface area contributed by atoms with E-state index in [4.69, 9.17) is 16.3 Å². The molecule has 0 aliphatic carbocycles. The third kappa shape index (κ3) is 4.51. The molecule has 0 bridgehead atoms. The lowest BCUT2D eigenvalue weighted by molar-refractivity contribution is -0.384. The van der Waals surface area contributed by atoms with E-state index >= 15 is 0 Å². The van der Waals surface area contributed by atoms with Crippen LogP contribution in [0.4, 0.5) is 5.69 Å². The normalized spacial score (nSPS) is 10.7. The highest BCUT2D eigenvalue weighted by atomic mass is 79.9. The number of nitrogens with one attached hydrogen (secondary N) is 1. The van der Waals surface area contributed by atoms with Crippen LogP contribution in [0.5, 0.6) is 5.75 Å². The molecule has 2 aromatic carbocycles. The van der Waals surface area contributed by atoms with Gasteiger partial charge in [-0.1, -0.05) is 39.3 Å². The minimum absolute atomic E-state index is 0.0176. The lowest BCUT2D eigenvalue weighted by Gasteiger charge is -2.05. The van der Waals surface area contributed by atoms with Gasteiger partial charge in [-0.25, -0.2) is 4.98 Å². The number of methoxy groups -OCH3 is 1. The van der Waals surface area contributed by atoms with Crippen LogP contribution in [-0.4, -0.2) is 38.8 Å². The number of nitro groups is 1. The van der Waals surface area contributed by atoms with Gasteiger partial charge >= 0.3 is 0 Å². The Morgan fingerprint density at radius 3 is 2.86 bits per heavy atom. The van der Waals surface area contributed by atoms with Crippen LogP contribution in [-0.2, 0) is 0 Å². The van der Waals surface area contributed by atoms with Crippen molar-refractivity contribution in [3.63, 3.8) is 0 Å². The number of ether oxygens (including phenoxy) is 1. The summed E-state index contributed by atoms with van der Waals surface area (Å²) < 4.78 is 5.79. The Morgan fingerprint density at radius 1 is 1.36 bits per heavy atom. The van der Waals surface area contributed by atoms with Gasteiger partial charge in [-0.3, -0.25) is 20.0 Å². The van der Waals surface area contributed by atoms with E-state index in [1.807, 2.05) is 0 Å². The van der Waals surface area contributed by atoms with Gasteiger partial charge in [0.2, 0.25) is 5.16 Å². The molecule has 3 rings (SSSR count). The van der Waals surface area contributed by atoms with Crippen molar-refractivity contribution in [3.05, 3.63) is 61.6 Å². The number of H-pyrrole nitrogens is 1. The summed E-state index contributed by atoms with van der Waals surface area (Å²) in [6.07, 6.45) is 0. The van der Waals surface area contributed by atoms with E-state index in [1.165, 1.54) is 25.3 Å². The van der Waals surface area contributed by atoms with E-state index in [0.29, 0.717) is 31.8 Å². The maximum atomic E-state index is 12.5. The minimum Gasteiger partial charge on any atom is -0.496 e. The van der Waals surface area contributed by atoms with E-state index in [9.17, 15) is 14.9 Å². The number of carbonyl (C=O) groups is 1. The van der Waals surface area contributed by atoms with Gasteiger partial charge in [-0.15, -0.1) is 5.10 Å². The number of thioether (sulfide) groups is 1. The van der Waals surface area contributed by atoms with Crippen molar-refractivity contribution in [1.82, 2.24) is 15.2 Å². The average molecular weight is 484 g/mol. The van der Waals surface area contributed by atoms with Gasteiger partial charge in [0, 0.05) is 27.2 Å². The van der Waals surface area contributed by atoms with E-state index in [-0.39, 0.29) is 22.8 Å². The predicted molar refractivity (Wildman–Crippen MR) is 109 cm³/mol. The minimum atomic E-state index is -0.545. The molecule has 144 valence electrons. The molecule has 28 heavy (non-hydrogen) atoms. The van der Waals surface area contributed by atoms with Crippen LogP contribution < -0.4 is 4.74 Å². The van der Waals surface area contributed by atoms with Crippen LogP contribution in [0.2, 0.25) is 5.02 Å². The van der Waals surface area contributed by atoms with E-state index in [0.717, 1.165) is 11.8 Å². The maximum Gasteiger partial charge on any atom is 0.270 e. The first-order valence-corrected chi connectivity index (χ1v) is 9.91. The summed E-state index contributed by atoms with van der Waals surface area (Å²) in [5.74, 6) is 0.760. The Hall–Kier alpha value is -2.43. The number of ketones is 1. The number of nitro benzene ring substituents is 1. The number of carbonyl (C=O) groups excluding carboxylic acids is 1. The van der Waals surface area contributed by atoms with Gasteiger partial charge in [0.15, 0.2) is 11.6 Å². The third-order valence-electron chi connectivity index (χ3n) is 3.68. The van der Waals surface area contributed by atoms with Gasteiger partial charge in [0.05, 0.1) is 23.3 Å². The summed E-state index contributed by atoms with van der Waals surface area (Å²) in [4.78, 5) is 27.2. The van der Waals surface area contributed by atoms with Crippen molar-refractivity contribution >= 4 is 50.8 Å². The highest BCUT2D eigenvalue weighted by Crippen LogP contribution is 2.31. The van der Waals surface area contributed by atoms with Gasteiger partial charge in [-0.2, -0.15) is 0 Å². The summed E-state index contributed by atoms with van der Waals surface area (Å²) in [6, 6.07) is 9.16. The third-order valence-corrected chi connectivity index (χ3v) is 5.45. The first-order valence-electron chi connectivity index (χ1n) is 7.75. The predicted octanol–water partition coefficient (Wildman–Crippen LogP) is 4.78. The molecule has 0 amide bonds. The Labute approximate surface area is 176 Å². The molecular formula is C17H12BrClN4O4S. The highest BCUT2D eigenvalue weighted by Gasteiger charge is 2.17. The first-order chi connectivity index (χ1) is 13.4. The van der Waals surface area contributed by atoms with Crippen LogP contribution in [0.25, 0.3) is 11.4 Å². The van der Waals surface area contributed by atoms with Crippen LogP contribution in [0, 0.1) is 10.1 Å². The maximum absolute atomic E-state index is 12.5. The SMILES string of the molecule is COc1ccc(Cl)cc1-c1nc(SCC(=O)c2cc([N+](=O)[O-])ccc2Br)n[nH]1. The molecule has 0 spiro atoms. The van der Waals surface area contributed by atoms with Crippen LogP contribution in [0.15, 0.2) is 46.0 Å². The van der Waals surface area contributed by atoms with Crippen molar-refractivity contribution in [2.45, 2.75) is 5.16 Å². The second-order valence-electron chi connectivity index (χ2n) is 5.44. The number of benzene rings is 2. The molecule has 0 atom stereocenters. The lowest BCUT2D eigenvalue weighted by atomic mass is 10.1. The van der Waals surface area contributed by atoms with Gasteiger partial charge in [0.1, 0.15) is 5.75 Å². The standard InChI is InChI=1S/C17H12BrClN4O4S/c1-27-15-5-2-9(19)6-12(15)16-20-17(22-21-16)28-8-14(24)11-7-10(23(25)26)3-4-13(11)18/h2-7H,8H2,1H3,(H,20,21,22). The number of aromatic amines is 1. The largest absolute Gasteiger partial charge is 0.496 e. The molecule has 0 radical (unpaired) electrons. The van der Waals surface area contributed by atoms with E-state index in [2.05, 4.69) is 31.1 Å². The zero-order valence-corrected chi connectivity index (χ0v) is 17.5. The highest BCUT2D eigenvalue weighted by molar-refractivity contribution is 9.10. The Balaban J connectivity index is 1.75. The lowest BCUT2D eigenvalue weighted by Crippen LogP contribution is -2.04. The number of Topliss-reactive ketones (excluding diaryl/α,β-unsaturated/α-hetero) is 1. The molecule has 1 heterocycles. The Kier molecular flexibility index (Phi) is 6.32. The van der Waals surface area contributed by atoms with E-state index < -0.39 is 4.92 Å². The summed E-state index contributed by atoms with van der Waals surface area (Å²) in [7, 11) is 1.54. The first kappa shape index (κ1) is 20.3. The summed E-state index contributed by atoms with van der Waals surface area (Å²) in [6.45, 7) is 0. The quantitative estimate of drug-likeness (QED) is 0.223. The second kappa shape index (κ2) is 8.72. The average Bonchev–Trinajstić information content (AvgIpc) is 3.15. The number of rotatable bonds is 7. The topological polar surface area (TPSA) is 111 Å². The van der Waals surface area contributed by atoms with Crippen LogP contribution >= 0.6 is 39.3 Å². The zero-order chi connectivity index (χ0) is 20.3. The van der Waals surface area contributed by atoms with Crippen molar-refractivity contribution < 1.29 is 14.5 Å². The molecule has 0 fully saturated rings. The molecule has 1 aromatic heterocycles. The number of hydrogen-bond donors (Lipinski definition) is 1. The van der Waals surface area contributed by atoms with Gasteiger partial charge in [0.25, 0.3) is 5.69 Å². The molecule has 11 heteroatoms. The fourth-order valence-electron chi connectivity index (χ4n) is 2.35. The molecule has 1 N–H and O–H groups in total. The van der Waals surface area contributed by atoms with Crippen molar-refractivity contribution in [2.24, 2.45) is 0 Å². The molecule has 0 unspecified atom stereocenters. The van der Waals surface area contributed by atoms with Crippen LogP contribution in [0.1, 0.15) is 10.4 Å². The summed E-state index contributed by atoms with van der Waals surface area (Å²) in [5, 5.41) is 18.7. The number of nitrogens with zero attached hydrogens (tertiary/aromatic N) is 3. The number of non-ortho nitro benzene ring substituents is 1. The monoisotopic (exact) mass is 482 g/mol. The molecular weight excluding hydrogens is 472 g/mol. The summed E-state index contributed by atoms with van der Waals surface area (Å²) in [5.41, 5.74) is 0.723. The molecule has 0 aliphatic heterocycles. The zero-order valence-electron chi connectivity index (χ0n) is 14.3. The summed E-state index contributed by atoms with van der Waals surface area (Å²) >= 11 is 10.4. The number of hydrogen-bond acceptors (Lipinski definition) is 7. The Bertz CT molecular complexity index is 1060. The smallest absolute Gasteiger partial charge is 0.270 e. The van der Waals surface area contributed by atoms with Crippen molar-refractivity contribution in [2.75, 3.05) is 12.9 Å². The van der Waals surface area contributed by atoms with E-state index in [1.54, 1.807) is 18.2 Å². The molecule has 0 saturated carbocycles. The molecule has 8 nitrogen and oxygen atoms in total. The van der Waals surface area contributed by atoms with Crippen LogP contribution in [0.3, 0.4) is 0 Å². The fraction of sp³-hybridized carbons (Fsp3) is 0.118. The van der Waals surface area contributed by atoms with Crippen molar-refractivity contribution in [3.8, 4) is 17.1 Å². The Morgan fingerprint density at radius 2 is 2.14 bits per heavy atom. The number of halogens is 2. The second-order valence-corrected chi connectivity index (χ2v) is 7.68. The van der Waals surface area contributed by atoms with Gasteiger partial charge < -0.3 is 4.74 Å². The molecule has 0 saturated heterocycles. The van der Waals surface area contributed by atoms with Crippen molar-refractivity contribution in [1.29, 1.82) is 0 Å².